The average Bonchev–Trinajstić information content (AvgIpc) is 2.63. The van der Waals surface area contributed by atoms with Gasteiger partial charge in [0.2, 0.25) is 0 Å². The van der Waals surface area contributed by atoms with Crippen LogP contribution in [0.2, 0.25) is 0 Å². The first-order valence-electron chi connectivity index (χ1n) is 6.52. The van der Waals surface area contributed by atoms with Gasteiger partial charge in [-0.1, -0.05) is 40.8 Å². The molecule has 0 unspecified atom stereocenters. The van der Waals surface area contributed by atoms with E-state index in [1.54, 1.807) is 0 Å². The van der Waals surface area contributed by atoms with E-state index in [-0.39, 0.29) is 9.33 Å². The minimum atomic E-state index is 0.0532. The van der Waals surface area contributed by atoms with Crippen LogP contribution in [0.25, 0.3) is 10.8 Å². The van der Waals surface area contributed by atoms with E-state index in [9.17, 15) is 4.79 Å². The summed E-state index contributed by atoms with van der Waals surface area (Å²) in [7, 11) is 0. The molecule has 3 rings (SSSR count). The van der Waals surface area contributed by atoms with Crippen LogP contribution in [0.1, 0.15) is 36.7 Å². The monoisotopic (exact) mass is 365 g/mol. The number of nitrogens with zero attached hydrogens (tertiary/aromatic N) is 1. The number of carbonyl (C=O) groups is 1. The van der Waals surface area contributed by atoms with Crippen LogP contribution < -0.4 is 4.90 Å². The SMILES string of the molecule is CCN1C(=O)c2cccc3c(C(C)(C)I)ccc1c23. The van der Waals surface area contributed by atoms with Gasteiger partial charge in [0.25, 0.3) is 5.91 Å². The highest BCUT2D eigenvalue weighted by molar-refractivity contribution is 14.1. The van der Waals surface area contributed by atoms with Crippen LogP contribution >= 0.6 is 22.6 Å². The maximum absolute atomic E-state index is 12.4. The number of rotatable bonds is 2. The molecule has 2 aromatic rings. The molecule has 2 nitrogen and oxygen atoms in total. The van der Waals surface area contributed by atoms with E-state index in [1.165, 1.54) is 10.9 Å². The second-order valence-electron chi connectivity index (χ2n) is 5.38. The van der Waals surface area contributed by atoms with E-state index in [4.69, 9.17) is 0 Å². The number of hydrogen-bond donors (Lipinski definition) is 0. The Hall–Kier alpha value is -1.10. The second kappa shape index (κ2) is 4.20. The van der Waals surface area contributed by atoms with E-state index in [1.807, 2.05) is 24.0 Å². The summed E-state index contributed by atoms with van der Waals surface area (Å²) in [5.41, 5.74) is 3.19. The molecule has 0 fully saturated rings. The van der Waals surface area contributed by atoms with Crippen LogP contribution in [0.4, 0.5) is 5.69 Å². The first-order valence-corrected chi connectivity index (χ1v) is 7.60. The summed E-state index contributed by atoms with van der Waals surface area (Å²) >= 11 is 2.46. The minimum absolute atomic E-state index is 0.0532. The van der Waals surface area contributed by atoms with Crippen molar-refractivity contribution in [2.45, 2.75) is 24.2 Å². The van der Waals surface area contributed by atoms with Gasteiger partial charge >= 0.3 is 0 Å². The number of amides is 1. The summed E-state index contributed by atoms with van der Waals surface area (Å²) in [5.74, 6) is 0.131. The molecule has 0 radical (unpaired) electrons. The Morgan fingerprint density at radius 1 is 1.21 bits per heavy atom. The van der Waals surface area contributed by atoms with Gasteiger partial charge in [-0.15, -0.1) is 0 Å². The molecule has 0 N–H and O–H groups in total. The van der Waals surface area contributed by atoms with Crippen molar-refractivity contribution in [1.29, 1.82) is 0 Å². The summed E-state index contributed by atoms with van der Waals surface area (Å²) in [4.78, 5) is 14.3. The van der Waals surface area contributed by atoms with Crippen molar-refractivity contribution in [3.05, 3.63) is 41.5 Å². The first-order chi connectivity index (χ1) is 8.95. The van der Waals surface area contributed by atoms with E-state index in [0.29, 0.717) is 0 Å². The Kier molecular flexibility index (Phi) is 2.85. The number of halogens is 1. The fourth-order valence-electron chi connectivity index (χ4n) is 2.88. The van der Waals surface area contributed by atoms with Crippen molar-refractivity contribution >= 4 is 45.0 Å². The van der Waals surface area contributed by atoms with E-state index in [0.717, 1.165) is 23.2 Å². The molecule has 1 heterocycles. The Morgan fingerprint density at radius 2 is 1.95 bits per heavy atom. The number of hydrogen-bond acceptors (Lipinski definition) is 1. The third-order valence-corrected chi connectivity index (χ3v) is 4.32. The van der Waals surface area contributed by atoms with Gasteiger partial charge in [-0.25, -0.2) is 0 Å². The van der Waals surface area contributed by atoms with Crippen molar-refractivity contribution in [3.63, 3.8) is 0 Å². The van der Waals surface area contributed by atoms with Gasteiger partial charge in [0.15, 0.2) is 0 Å². The third-order valence-electron chi connectivity index (χ3n) is 3.74. The summed E-state index contributed by atoms with van der Waals surface area (Å²) in [5, 5.41) is 2.33. The van der Waals surface area contributed by atoms with Gasteiger partial charge < -0.3 is 4.90 Å². The molecule has 0 spiro atoms. The number of carbonyl (C=O) groups excluding carboxylic acids is 1. The quantitative estimate of drug-likeness (QED) is 0.567. The maximum Gasteiger partial charge on any atom is 0.258 e. The first kappa shape index (κ1) is 12.9. The molecule has 3 heteroatoms. The molecule has 1 aliphatic heterocycles. The molecule has 0 aromatic heterocycles. The van der Waals surface area contributed by atoms with E-state index in [2.05, 4.69) is 54.6 Å². The molecule has 0 bridgehead atoms. The molecule has 1 amide bonds. The van der Waals surface area contributed by atoms with Gasteiger partial charge in [0.05, 0.1) is 5.69 Å². The van der Waals surface area contributed by atoms with Gasteiger partial charge in [-0.3, -0.25) is 4.79 Å². The van der Waals surface area contributed by atoms with Crippen LogP contribution in [0.15, 0.2) is 30.3 Å². The predicted octanol–water partition coefficient (Wildman–Crippen LogP) is 4.49. The highest BCUT2D eigenvalue weighted by atomic mass is 127. The molecular formula is C16H16INO. The molecular weight excluding hydrogens is 349 g/mol. The van der Waals surface area contributed by atoms with Crippen molar-refractivity contribution in [2.75, 3.05) is 11.4 Å². The van der Waals surface area contributed by atoms with Gasteiger partial charge in [0, 0.05) is 20.9 Å². The van der Waals surface area contributed by atoms with Crippen LogP contribution in [-0.4, -0.2) is 12.5 Å². The minimum Gasteiger partial charge on any atom is -0.308 e. The molecule has 0 aliphatic carbocycles. The van der Waals surface area contributed by atoms with Crippen LogP contribution in [-0.2, 0) is 3.42 Å². The summed E-state index contributed by atoms with van der Waals surface area (Å²) in [6.07, 6.45) is 0. The molecule has 0 atom stereocenters. The third kappa shape index (κ3) is 1.78. The molecule has 19 heavy (non-hydrogen) atoms. The second-order valence-corrected chi connectivity index (χ2v) is 8.08. The standard InChI is InChI=1S/C16H16INO/c1-4-18-13-9-8-12(16(2,3)17)10-6-5-7-11(14(10)13)15(18)19/h5-9H,4H2,1-3H3. The molecule has 0 saturated heterocycles. The molecule has 0 saturated carbocycles. The lowest BCUT2D eigenvalue weighted by Crippen LogP contribution is -2.25. The zero-order valence-corrected chi connectivity index (χ0v) is 13.5. The fraction of sp³-hybridized carbons (Fsp3) is 0.312. The zero-order chi connectivity index (χ0) is 13.8. The predicted molar refractivity (Wildman–Crippen MR) is 88.3 cm³/mol. The topological polar surface area (TPSA) is 20.3 Å². The van der Waals surface area contributed by atoms with Crippen molar-refractivity contribution in [1.82, 2.24) is 0 Å². The Labute approximate surface area is 126 Å². The van der Waals surface area contributed by atoms with Crippen LogP contribution in [0.5, 0.6) is 0 Å². The molecule has 1 aliphatic rings. The highest BCUT2D eigenvalue weighted by Gasteiger charge is 2.31. The smallest absolute Gasteiger partial charge is 0.258 e. The van der Waals surface area contributed by atoms with Crippen molar-refractivity contribution in [2.24, 2.45) is 0 Å². The normalized spacial score (nSPS) is 14.5. The summed E-state index contributed by atoms with van der Waals surface area (Å²) < 4.78 is 0.0532. The fourth-order valence-corrected chi connectivity index (χ4v) is 3.35. The largest absolute Gasteiger partial charge is 0.308 e. The van der Waals surface area contributed by atoms with Crippen LogP contribution in [0, 0.1) is 0 Å². The zero-order valence-electron chi connectivity index (χ0n) is 11.3. The van der Waals surface area contributed by atoms with E-state index >= 15 is 0 Å². The van der Waals surface area contributed by atoms with Crippen molar-refractivity contribution in [3.8, 4) is 0 Å². The van der Waals surface area contributed by atoms with Gasteiger partial charge in [-0.2, -0.15) is 0 Å². The Balaban J connectivity index is 2.41. The van der Waals surface area contributed by atoms with Gasteiger partial charge in [-0.05, 0) is 43.9 Å². The maximum atomic E-state index is 12.4. The average molecular weight is 365 g/mol. The Morgan fingerprint density at radius 3 is 2.58 bits per heavy atom. The Bertz CT molecular complexity index is 685. The van der Waals surface area contributed by atoms with Crippen molar-refractivity contribution < 1.29 is 4.79 Å². The lowest BCUT2D eigenvalue weighted by Gasteiger charge is -2.21. The highest BCUT2D eigenvalue weighted by Crippen LogP contribution is 2.43. The number of anilines is 1. The summed E-state index contributed by atoms with van der Waals surface area (Å²) in [6.45, 7) is 7.14. The van der Waals surface area contributed by atoms with Gasteiger partial charge in [0.1, 0.15) is 0 Å². The lowest BCUT2D eigenvalue weighted by molar-refractivity contribution is 0.0994. The van der Waals surface area contributed by atoms with E-state index < -0.39 is 0 Å². The molecule has 98 valence electrons. The van der Waals surface area contributed by atoms with Crippen LogP contribution in [0.3, 0.4) is 0 Å². The number of alkyl halides is 1. The summed E-state index contributed by atoms with van der Waals surface area (Å²) in [6, 6.07) is 10.3. The lowest BCUT2D eigenvalue weighted by atomic mass is 9.94. The molecule has 2 aromatic carbocycles. The number of benzene rings is 2.